The number of hydrogen-bond acceptors (Lipinski definition) is 2. The first kappa shape index (κ1) is 15.8. The summed E-state index contributed by atoms with van der Waals surface area (Å²) in [6.07, 6.45) is 2.17. The molecule has 3 nitrogen and oxygen atoms in total. The fourth-order valence-corrected chi connectivity index (χ4v) is 2.79. The van der Waals surface area contributed by atoms with E-state index < -0.39 is 0 Å². The number of quaternary nitrogens is 1. The van der Waals surface area contributed by atoms with E-state index >= 15 is 0 Å². The molecule has 112 valence electrons. The lowest BCUT2D eigenvalue weighted by Gasteiger charge is -2.28. The summed E-state index contributed by atoms with van der Waals surface area (Å²) in [5.74, 6) is 0.844. The first-order valence-corrected chi connectivity index (χ1v) is 7.85. The Kier molecular flexibility index (Phi) is 6.30. The smallest absolute Gasteiger partial charge is 0.126 e. The van der Waals surface area contributed by atoms with Crippen LogP contribution in [-0.2, 0) is 11.3 Å². The van der Waals surface area contributed by atoms with Crippen molar-refractivity contribution in [2.45, 2.75) is 32.5 Å². The molecule has 0 amide bonds. The summed E-state index contributed by atoms with van der Waals surface area (Å²) in [5, 5.41) is 10.8. The Morgan fingerprint density at radius 2 is 1.95 bits per heavy atom. The lowest BCUT2D eigenvalue weighted by Crippen LogP contribution is -3.14. The third kappa shape index (κ3) is 5.41. The molecule has 1 heterocycles. The van der Waals surface area contributed by atoms with E-state index in [-0.39, 0.29) is 6.10 Å². The van der Waals surface area contributed by atoms with Gasteiger partial charge in [-0.25, -0.2) is 0 Å². The largest absolute Gasteiger partial charge is 0.385 e. The third-order valence-electron chi connectivity index (χ3n) is 4.00. The zero-order valence-electron chi connectivity index (χ0n) is 12.1. The van der Waals surface area contributed by atoms with Crippen molar-refractivity contribution in [2.24, 2.45) is 5.92 Å². The number of aliphatic hydroxyl groups is 1. The summed E-state index contributed by atoms with van der Waals surface area (Å²) in [4.78, 5) is 1.51. The Morgan fingerprint density at radius 3 is 2.60 bits per heavy atom. The van der Waals surface area contributed by atoms with Gasteiger partial charge in [0.1, 0.15) is 12.6 Å². The maximum absolute atomic E-state index is 10.0. The second kappa shape index (κ2) is 7.99. The number of benzene rings is 1. The van der Waals surface area contributed by atoms with Crippen LogP contribution in [0.25, 0.3) is 0 Å². The van der Waals surface area contributed by atoms with Gasteiger partial charge in [0.05, 0.1) is 26.3 Å². The normalized spacial score (nSPS) is 24.6. The molecule has 1 aliphatic heterocycles. The Labute approximate surface area is 126 Å². The molecule has 1 saturated heterocycles. The Morgan fingerprint density at radius 1 is 1.30 bits per heavy atom. The number of ether oxygens (including phenoxy) is 1. The molecule has 0 unspecified atom stereocenters. The van der Waals surface area contributed by atoms with E-state index in [2.05, 4.69) is 6.92 Å². The van der Waals surface area contributed by atoms with Gasteiger partial charge in [-0.2, -0.15) is 0 Å². The second-order valence-electron chi connectivity index (χ2n) is 5.93. The average molecular weight is 299 g/mol. The van der Waals surface area contributed by atoms with Crippen LogP contribution in [0.5, 0.6) is 0 Å². The number of hydrogen-bond donors (Lipinski definition) is 2. The average Bonchev–Trinajstić information content (AvgIpc) is 2.44. The third-order valence-corrected chi connectivity index (χ3v) is 4.25. The minimum absolute atomic E-state index is 0.370. The lowest BCUT2D eigenvalue weighted by atomic mass is 9.99. The number of rotatable bonds is 6. The molecule has 20 heavy (non-hydrogen) atoms. The van der Waals surface area contributed by atoms with Crippen molar-refractivity contribution >= 4 is 11.6 Å². The number of halogens is 1. The Hall–Kier alpha value is -0.610. The molecule has 0 saturated carbocycles. The van der Waals surface area contributed by atoms with Gasteiger partial charge in [0.2, 0.25) is 0 Å². The molecule has 0 aromatic heterocycles. The van der Waals surface area contributed by atoms with Crippen molar-refractivity contribution in [3.63, 3.8) is 0 Å². The van der Waals surface area contributed by atoms with Crippen molar-refractivity contribution in [1.82, 2.24) is 0 Å². The van der Waals surface area contributed by atoms with E-state index in [4.69, 9.17) is 16.3 Å². The van der Waals surface area contributed by atoms with E-state index in [1.54, 1.807) is 0 Å². The predicted octanol–water partition coefficient (Wildman–Crippen LogP) is 1.53. The maximum Gasteiger partial charge on any atom is 0.126 e. The molecule has 0 bridgehead atoms. The van der Waals surface area contributed by atoms with E-state index in [1.165, 1.54) is 30.8 Å². The molecule has 2 N–H and O–H groups in total. The molecule has 0 aliphatic carbocycles. The molecule has 1 aromatic carbocycles. The van der Waals surface area contributed by atoms with Crippen LogP contribution >= 0.6 is 11.6 Å². The lowest BCUT2D eigenvalue weighted by molar-refractivity contribution is -0.909. The van der Waals surface area contributed by atoms with Crippen molar-refractivity contribution < 1.29 is 14.7 Å². The van der Waals surface area contributed by atoms with Gasteiger partial charge in [-0.1, -0.05) is 30.7 Å². The van der Waals surface area contributed by atoms with Crippen LogP contribution in [0.4, 0.5) is 0 Å². The topological polar surface area (TPSA) is 33.9 Å². The number of nitrogens with one attached hydrogen (secondary N) is 1. The fourth-order valence-electron chi connectivity index (χ4n) is 2.66. The van der Waals surface area contributed by atoms with Crippen LogP contribution in [-0.4, -0.2) is 37.5 Å². The molecule has 1 fully saturated rings. The first-order valence-electron chi connectivity index (χ1n) is 7.47. The molecule has 1 atom stereocenters. The highest BCUT2D eigenvalue weighted by Gasteiger charge is 2.21. The van der Waals surface area contributed by atoms with E-state index in [1.807, 2.05) is 24.3 Å². The Bertz CT molecular complexity index is 388. The minimum atomic E-state index is -0.370. The van der Waals surface area contributed by atoms with Crippen LogP contribution in [0.3, 0.4) is 0 Å². The zero-order valence-corrected chi connectivity index (χ0v) is 12.9. The molecule has 4 heteroatoms. The summed E-state index contributed by atoms with van der Waals surface area (Å²) in [7, 11) is 0. The fraction of sp³-hybridized carbons (Fsp3) is 0.625. The van der Waals surface area contributed by atoms with Crippen molar-refractivity contribution in [2.75, 3.05) is 26.2 Å². The molecule has 1 aromatic rings. The van der Waals surface area contributed by atoms with Crippen LogP contribution in [0.2, 0.25) is 5.02 Å². The summed E-state index contributed by atoms with van der Waals surface area (Å²) in [5.41, 5.74) is 1.08. The van der Waals surface area contributed by atoms with Gasteiger partial charge in [-0.05, 0) is 36.5 Å². The SMILES string of the molecule is CC1CC[NH+](C[C@@H](O)COCc2ccc(Cl)cc2)CC1. The van der Waals surface area contributed by atoms with Gasteiger partial charge in [0, 0.05) is 5.02 Å². The summed E-state index contributed by atoms with van der Waals surface area (Å²) in [6.45, 7) is 6.39. The molecule has 0 spiro atoms. The molecule has 2 rings (SSSR count). The van der Waals surface area contributed by atoms with Crippen LogP contribution in [0, 0.1) is 5.92 Å². The molecule has 0 radical (unpaired) electrons. The van der Waals surface area contributed by atoms with Gasteiger partial charge in [0.15, 0.2) is 0 Å². The Balaban J connectivity index is 1.62. The van der Waals surface area contributed by atoms with Crippen molar-refractivity contribution in [3.8, 4) is 0 Å². The van der Waals surface area contributed by atoms with Gasteiger partial charge >= 0.3 is 0 Å². The molecule has 1 aliphatic rings. The number of likely N-dealkylation sites (tertiary alicyclic amines) is 1. The van der Waals surface area contributed by atoms with Gasteiger partial charge in [0.25, 0.3) is 0 Å². The molecular weight excluding hydrogens is 274 g/mol. The summed E-state index contributed by atoms with van der Waals surface area (Å²) in [6, 6.07) is 7.61. The second-order valence-corrected chi connectivity index (χ2v) is 6.37. The van der Waals surface area contributed by atoms with E-state index in [0.717, 1.165) is 23.0 Å². The van der Waals surface area contributed by atoms with Gasteiger partial charge in [-0.15, -0.1) is 0 Å². The minimum Gasteiger partial charge on any atom is -0.385 e. The number of piperidine rings is 1. The quantitative estimate of drug-likeness (QED) is 0.835. The number of aliphatic hydroxyl groups excluding tert-OH is 1. The highest BCUT2D eigenvalue weighted by atomic mass is 35.5. The predicted molar refractivity (Wildman–Crippen MR) is 81.1 cm³/mol. The maximum atomic E-state index is 10.0. The van der Waals surface area contributed by atoms with E-state index in [9.17, 15) is 5.11 Å². The highest BCUT2D eigenvalue weighted by Crippen LogP contribution is 2.10. The van der Waals surface area contributed by atoms with Crippen molar-refractivity contribution in [1.29, 1.82) is 0 Å². The standard InChI is InChI=1S/C16H24ClNO2/c1-13-6-8-18(9-7-13)10-16(19)12-20-11-14-2-4-15(17)5-3-14/h2-5,13,16,19H,6-12H2,1H3/p+1/t16-/m1/s1. The van der Waals surface area contributed by atoms with E-state index in [0.29, 0.717) is 13.2 Å². The zero-order chi connectivity index (χ0) is 14.4. The van der Waals surface area contributed by atoms with Crippen molar-refractivity contribution in [3.05, 3.63) is 34.9 Å². The monoisotopic (exact) mass is 298 g/mol. The molecular formula is C16H25ClNO2+. The van der Waals surface area contributed by atoms with Crippen LogP contribution in [0.1, 0.15) is 25.3 Å². The summed E-state index contributed by atoms with van der Waals surface area (Å²) >= 11 is 5.83. The van der Waals surface area contributed by atoms with Gasteiger partial charge < -0.3 is 14.7 Å². The highest BCUT2D eigenvalue weighted by molar-refractivity contribution is 6.30. The van der Waals surface area contributed by atoms with Gasteiger partial charge in [-0.3, -0.25) is 0 Å². The summed E-state index contributed by atoms with van der Waals surface area (Å²) < 4.78 is 5.58. The first-order chi connectivity index (χ1) is 9.63. The van der Waals surface area contributed by atoms with Crippen LogP contribution in [0.15, 0.2) is 24.3 Å². The van der Waals surface area contributed by atoms with Crippen LogP contribution < -0.4 is 4.90 Å².